The number of amides is 2. The number of nitrogens with one attached hydrogen (secondary N) is 1. The van der Waals surface area contributed by atoms with E-state index >= 15 is 0 Å². The molecule has 0 radical (unpaired) electrons. The van der Waals surface area contributed by atoms with Crippen LogP contribution in [0.15, 0.2) is 30.3 Å². The summed E-state index contributed by atoms with van der Waals surface area (Å²) in [6, 6.07) is 10.6. The van der Waals surface area contributed by atoms with Crippen LogP contribution in [0.25, 0.3) is 0 Å². The van der Waals surface area contributed by atoms with Gasteiger partial charge in [-0.2, -0.15) is 0 Å². The first kappa shape index (κ1) is 18.3. The third kappa shape index (κ3) is 3.97. The van der Waals surface area contributed by atoms with E-state index in [1.54, 1.807) is 0 Å². The number of carbonyl (C=O) groups excluding carboxylic acids is 2. The Kier molecular flexibility index (Phi) is 5.37. The molecule has 5 nitrogen and oxygen atoms in total. The second kappa shape index (κ2) is 7.91. The fraction of sp³-hybridized carbons (Fsp3) is 0.636. The quantitative estimate of drug-likeness (QED) is 0.656. The summed E-state index contributed by atoms with van der Waals surface area (Å²) in [5.41, 5.74) is 0.443. The number of hydrogen-bond donors (Lipinski definition) is 1. The SMILES string of the molecule is O=C(NC1CCCCCC1)C1(C(=O)N2CCN(c3ccccc3)CC2)CC1. The summed E-state index contributed by atoms with van der Waals surface area (Å²) in [7, 11) is 0. The molecule has 1 saturated heterocycles. The normalized spacial score (nSPS) is 22.8. The van der Waals surface area contributed by atoms with Gasteiger partial charge in [0.2, 0.25) is 11.8 Å². The van der Waals surface area contributed by atoms with Crippen molar-refractivity contribution < 1.29 is 9.59 Å². The lowest BCUT2D eigenvalue weighted by atomic mass is 10.0. The molecular formula is C22H31N3O2. The molecule has 1 aromatic carbocycles. The molecule has 5 heteroatoms. The maximum Gasteiger partial charge on any atom is 0.238 e. The van der Waals surface area contributed by atoms with Crippen molar-refractivity contribution in [3.05, 3.63) is 30.3 Å². The number of anilines is 1. The van der Waals surface area contributed by atoms with E-state index in [1.807, 2.05) is 23.1 Å². The van der Waals surface area contributed by atoms with Crippen LogP contribution in [0.2, 0.25) is 0 Å². The van der Waals surface area contributed by atoms with E-state index in [4.69, 9.17) is 0 Å². The van der Waals surface area contributed by atoms with E-state index in [9.17, 15) is 9.59 Å². The predicted octanol–water partition coefficient (Wildman–Crippen LogP) is 2.95. The Hall–Kier alpha value is -2.04. The summed E-state index contributed by atoms with van der Waals surface area (Å²) >= 11 is 0. The van der Waals surface area contributed by atoms with Crippen LogP contribution in [0.5, 0.6) is 0 Å². The number of rotatable bonds is 4. The van der Waals surface area contributed by atoms with Gasteiger partial charge in [-0.15, -0.1) is 0 Å². The Bertz CT molecular complexity index is 655. The van der Waals surface area contributed by atoms with E-state index in [1.165, 1.54) is 31.4 Å². The molecule has 0 unspecified atom stereocenters. The van der Waals surface area contributed by atoms with Crippen molar-refractivity contribution in [3.8, 4) is 0 Å². The van der Waals surface area contributed by atoms with E-state index in [0.717, 1.165) is 25.9 Å². The zero-order valence-corrected chi connectivity index (χ0v) is 16.2. The lowest BCUT2D eigenvalue weighted by Crippen LogP contribution is -2.54. The molecule has 146 valence electrons. The van der Waals surface area contributed by atoms with Crippen LogP contribution >= 0.6 is 0 Å². The van der Waals surface area contributed by atoms with Gasteiger partial charge in [0.15, 0.2) is 0 Å². The second-order valence-electron chi connectivity index (χ2n) is 8.36. The van der Waals surface area contributed by atoms with Crippen LogP contribution in [-0.2, 0) is 9.59 Å². The lowest BCUT2D eigenvalue weighted by molar-refractivity contribution is -0.144. The highest BCUT2D eigenvalue weighted by Gasteiger charge is 2.58. The summed E-state index contributed by atoms with van der Waals surface area (Å²) in [5.74, 6) is 0.0474. The number of carbonyl (C=O) groups is 2. The molecule has 1 aromatic rings. The highest BCUT2D eigenvalue weighted by atomic mass is 16.2. The summed E-state index contributed by atoms with van der Waals surface area (Å²) in [5, 5.41) is 3.22. The van der Waals surface area contributed by atoms with Gasteiger partial charge in [0.25, 0.3) is 0 Å². The molecule has 2 aliphatic carbocycles. The molecule has 0 spiro atoms. The van der Waals surface area contributed by atoms with Crippen LogP contribution < -0.4 is 10.2 Å². The van der Waals surface area contributed by atoms with Crippen molar-refractivity contribution in [2.45, 2.75) is 57.4 Å². The third-order valence-corrected chi connectivity index (χ3v) is 6.47. The standard InChI is InChI=1S/C22H31N3O2/c26-20(23-18-8-4-1-2-5-9-18)22(12-13-22)21(27)25-16-14-24(15-17-25)19-10-6-3-7-11-19/h3,6-7,10-11,18H,1-2,4-5,8-9,12-17H2,(H,23,26). The summed E-state index contributed by atoms with van der Waals surface area (Å²) in [6.45, 7) is 3.06. The van der Waals surface area contributed by atoms with Gasteiger partial charge in [0.1, 0.15) is 5.41 Å². The van der Waals surface area contributed by atoms with Gasteiger partial charge in [-0.25, -0.2) is 0 Å². The Morgan fingerprint density at radius 2 is 1.52 bits per heavy atom. The third-order valence-electron chi connectivity index (χ3n) is 6.47. The van der Waals surface area contributed by atoms with Gasteiger partial charge in [-0.1, -0.05) is 43.9 Å². The Labute approximate surface area is 162 Å². The van der Waals surface area contributed by atoms with E-state index < -0.39 is 5.41 Å². The highest BCUT2D eigenvalue weighted by molar-refractivity contribution is 6.08. The molecule has 27 heavy (non-hydrogen) atoms. The van der Waals surface area contributed by atoms with Crippen LogP contribution in [-0.4, -0.2) is 48.9 Å². The molecule has 4 rings (SSSR count). The van der Waals surface area contributed by atoms with E-state index in [2.05, 4.69) is 22.3 Å². The first-order valence-corrected chi connectivity index (χ1v) is 10.6. The highest BCUT2D eigenvalue weighted by Crippen LogP contribution is 2.48. The minimum absolute atomic E-state index is 0.00936. The van der Waals surface area contributed by atoms with Crippen molar-refractivity contribution in [3.63, 3.8) is 0 Å². The summed E-state index contributed by atoms with van der Waals surface area (Å²) in [4.78, 5) is 30.3. The minimum Gasteiger partial charge on any atom is -0.368 e. The van der Waals surface area contributed by atoms with Crippen LogP contribution in [0.4, 0.5) is 5.69 Å². The number of hydrogen-bond acceptors (Lipinski definition) is 3. The molecule has 3 fully saturated rings. The van der Waals surface area contributed by atoms with Crippen molar-refractivity contribution in [2.75, 3.05) is 31.1 Å². The first-order chi connectivity index (χ1) is 13.2. The maximum absolute atomic E-state index is 13.1. The number of piperazine rings is 1. The average Bonchev–Trinajstić information content (AvgIpc) is 3.54. The summed E-state index contributed by atoms with van der Waals surface area (Å²) < 4.78 is 0. The van der Waals surface area contributed by atoms with Crippen molar-refractivity contribution in [1.29, 1.82) is 0 Å². The largest absolute Gasteiger partial charge is 0.368 e. The van der Waals surface area contributed by atoms with Crippen LogP contribution in [0, 0.1) is 5.41 Å². The Morgan fingerprint density at radius 1 is 0.889 bits per heavy atom. The van der Waals surface area contributed by atoms with Gasteiger partial charge in [-0.3, -0.25) is 9.59 Å². The number of nitrogens with zero attached hydrogens (tertiary/aromatic N) is 2. The average molecular weight is 370 g/mol. The fourth-order valence-corrected chi connectivity index (χ4v) is 4.52. The minimum atomic E-state index is -0.763. The molecule has 2 saturated carbocycles. The van der Waals surface area contributed by atoms with Crippen LogP contribution in [0.3, 0.4) is 0 Å². The predicted molar refractivity (Wildman–Crippen MR) is 107 cm³/mol. The Balaban J connectivity index is 1.33. The monoisotopic (exact) mass is 369 g/mol. The molecular weight excluding hydrogens is 338 g/mol. The lowest BCUT2D eigenvalue weighted by Gasteiger charge is -2.37. The van der Waals surface area contributed by atoms with Crippen molar-refractivity contribution in [1.82, 2.24) is 10.2 Å². The zero-order valence-electron chi connectivity index (χ0n) is 16.2. The fourth-order valence-electron chi connectivity index (χ4n) is 4.52. The van der Waals surface area contributed by atoms with Gasteiger partial charge in [-0.05, 0) is 37.8 Å². The van der Waals surface area contributed by atoms with E-state index in [-0.39, 0.29) is 17.9 Å². The van der Waals surface area contributed by atoms with Gasteiger partial charge in [0.05, 0.1) is 0 Å². The van der Waals surface area contributed by atoms with Gasteiger partial charge >= 0.3 is 0 Å². The maximum atomic E-state index is 13.1. The molecule has 3 aliphatic rings. The molecule has 1 aliphatic heterocycles. The molecule has 1 N–H and O–H groups in total. The van der Waals surface area contributed by atoms with Gasteiger partial charge < -0.3 is 15.1 Å². The van der Waals surface area contributed by atoms with Gasteiger partial charge in [0, 0.05) is 37.9 Å². The molecule has 0 bridgehead atoms. The Morgan fingerprint density at radius 3 is 2.11 bits per heavy atom. The molecule has 0 aromatic heterocycles. The number of para-hydroxylation sites is 1. The molecule has 0 atom stereocenters. The molecule has 2 amide bonds. The zero-order chi connectivity index (χ0) is 18.7. The second-order valence-corrected chi connectivity index (χ2v) is 8.36. The topological polar surface area (TPSA) is 52.7 Å². The molecule has 1 heterocycles. The van der Waals surface area contributed by atoms with Crippen molar-refractivity contribution in [2.24, 2.45) is 5.41 Å². The van der Waals surface area contributed by atoms with E-state index in [0.29, 0.717) is 25.9 Å². The number of benzene rings is 1. The smallest absolute Gasteiger partial charge is 0.238 e. The summed E-state index contributed by atoms with van der Waals surface area (Å²) in [6.07, 6.45) is 8.45. The van der Waals surface area contributed by atoms with Crippen LogP contribution in [0.1, 0.15) is 51.4 Å². The first-order valence-electron chi connectivity index (χ1n) is 10.6. The van der Waals surface area contributed by atoms with Crippen molar-refractivity contribution >= 4 is 17.5 Å².